The molecule has 0 amide bonds. The summed E-state index contributed by atoms with van der Waals surface area (Å²) in [5, 5.41) is 17.1. The first-order chi connectivity index (χ1) is 9.93. The van der Waals surface area contributed by atoms with Crippen LogP contribution in [0.25, 0.3) is 43.7 Å². The van der Waals surface area contributed by atoms with E-state index in [-0.39, 0.29) is 0 Å². The Morgan fingerprint density at radius 3 is 2.30 bits per heavy atom. The van der Waals surface area contributed by atoms with Gasteiger partial charge in [0.2, 0.25) is 0 Å². The van der Waals surface area contributed by atoms with Gasteiger partial charge in [-0.1, -0.05) is 42.5 Å². The van der Waals surface area contributed by atoms with E-state index in [4.69, 9.17) is 0 Å². The summed E-state index contributed by atoms with van der Waals surface area (Å²) in [5.41, 5.74) is 4.29. The van der Waals surface area contributed by atoms with Gasteiger partial charge in [0, 0.05) is 10.9 Å². The van der Waals surface area contributed by atoms with Crippen molar-refractivity contribution in [1.82, 2.24) is 15.4 Å². The highest BCUT2D eigenvalue weighted by Crippen LogP contribution is 2.44. The first kappa shape index (κ1) is 10.0. The van der Waals surface area contributed by atoms with Gasteiger partial charge in [-0.05, 0) is 39.1 Å². The predicted molar refractivity (Wildman–Crippen MR) is 80.2 cm³/mol. The molecule has 3 nitrogen and oxygen atoms in total. The molecule has 0 bridgehead atoms. The van der Waals surface area contributed by atoms with Crippen molar-refractivity contribution in [3.8, 4) is 11.1 Å². The lowest BCUT2D eigenvalue weighted by molar-refractivity contribution is 0.918. The molecule has 1 heterocycles. The lowest BCUT2D eigenvalue weighted by Gasteiger charge is -2.03. The normalized spacial score (nSPS) is 12.0. The third-order valence-corrected chi connectivity index (χ3v) is 4.04. The Bertz CT molecular complexity index is 1050. The Kier molecular flexibility index (Phi) is 1.70. The maximum Gasteiger partial charge on any atom is 0.0976 e. The highest BCUT2D eigenvalue weighted by atomic mass is 15.3. The van der Waals surface area contributed by atoms with Crippen LogP contribution in [0.4, 0.5) is 0 Å². The van der Waals surface area contributed by atoms with Crippen molar-refractivity contribution >= 4 is 32.6 Å². The van der Waals surface area contributed by atoms with Crippen LogP contribution in [0.3, 0.4) is 0 Å². The second-order valence-corrected chi connectivity index (χ2v) is 5.04. The van der Waals surface area contributed by atoms with Gasteiger partial charge in [-0.15, -0.1) is 10.2 Å². The number of rotatable bonds is 0. The van der Waals surface area contributed by atoms with E-state index in [2.05, 4.69) is 51.8 Å². The van der Waals surface area contributed by atoms with Crippen LogP contribution in [-0.2, 0) is 0 Å². The fourth-order valence-corrected chi connectivity index (χ4v) is 3.22. The fraction of sp³-hybridized carbons (Fsp3) is 0. The van der Waals surface area contributed by atoms with Crippen LogP contribution >= 0.6 is 0 Å². The van der Waals surface area contributed by atoms with E-state index in [0.29, 0.717) is 0 Å². The average Bonchev–Trinajstić information content (AvgIpc) is 2.68. The van der Waals surface area contributed by atoms with E-state index in [1.54, 1.807) is 0 Å². The van der Waals surface area contributed by atoms with E-state index >= 15 is 0 Å². The molecule has 0 spiro atoms. The summed E-state index contributed by atoms with van der Waals surface area (Å²) in [5.74, 6) is 0. The van der Waals surface area contributed by atoms with Crippen LogP contribution in [0, 0.1) is 0 Å². The van der Waals surface area contributed by atoms with Gasteiger partial charge in [0.05, 0.1) is 11.0 Å². The zero-order valence-electron chi connectivity index (χ0n) is 10.5. The van der Waals surface area contributed by atoms with Crippen molar-refractivity contribution in [2.45, 2.75) is 0 Å². The second-order valence-electron chi connectivity index (χ2n) is 5.04. The average molecular weight is 255 g/mol. The number of nitrogens with zero attached hydrogens (tertiary/aromatic N) is 3. The molecule has 0 radical (unpaired) electrons. The summed E-state index contributed by atoms with van der Waals surface area (Å²) < 4.78 is 0. The second kappa shape index (κ2) is 3.39. The topological polar surface area (TPSA) is 38.7 Å². The van der Waals surface area contributed by atoms with Crippen LogP contribution < -0.4 is 0 Å². The number of fused-ring (bicyclic) bond motifs is 3. The van der Waals surface area contributed by atoms with Crippen molar-refractivity contribution in [2.24, 2.45) is 0 Å². The summed E-state index contributed by atoms with van der Waals surface area (Å²) in [6.07, 6.45) is 0. The SMILES string of the molecule is c1cc2c3ccccc3c3ccc4nnnc(c1)c4c3-2. The van der Waals surface area contributed by atoms with Crippen LogP contribution in [-0.4, -0.2) is 15.4 Å². The number of benzene rings is 2. The third kappa shape index (κ3) is 1.08. The Balaban J connectivity index is 2.23. The van der Waals surface area contributed by atoms with Crippen molar-refractivity contribution in [2.75, 3.05) is 0 Å². The summed E-state index contributed by atoms with van der Waals surface area (Å²) >= 11 is 0. The molecule has 92 valence electrons. The van der Waals surface area contributed by atoms with E-state index in [9.17, 15) is 0 Å². The molecule has 0 N–H and O–H groups in total. The van der Waals surface area contributed by atoms with Gasteiger partial charge < -0.3 is 0 Å². The molecule has 1 aromatic heterocycles. The van der Waals surface area contributed by atoms with Gasteiger partial charge in [-0.25, -0.2) is 0 Å². The van der Waals surface area contributed by atoms with Gasteiger partial charge >= 0.3 is 0 Å². The zero-order valence-corrected chi connectivity index (χ0v) is 10.5. The van der Waals surface area contributed by atoms with Crippen molar-refractivity contribution < 1.29 is 0 Å². The van der Waals surface area contributed by atoms with Gasteiger partial charge in [0.1, 0.15) is 0 Å². The zero-order chi connectivity index (χ0) is 13.1. The minimum Gasteiger partial charge on any atom is -0.130 e. The molecule has 3 heteroatoms. The first-order valence-electron chi connectivity index (χ1n) is 6.58. The van der Waals surface area contributed by atoms with Crippen LogP contribution in [0.5, 0.6) is 0 Å². The molecule has 0 unspecified atom stereocenters. The number of aromatic nitrogens is 3. The molecule has 0 fully saturated rings. The van der Waals surface area contributed by atoms with E-state index in [1.807, 2.05) is 18.2 Å². The highest BCUT2D eigenvalue weighted by Gasteiger charge is 2.19. The van der Waals surface area contributed by atoms with Crippen LogP contribution in [0.2, 0.25) is 0 Å². The van der Waals surface area contributed by atoms with Gasteiger partial charge in [-0.2, -0.15) is 0 Å². The molecule has 20 heavy (non-hydrogen) atoms. The monoisotopic (exact) mass is 255 g/mol. The molecule has 0 saturated heterocycles. The maximum atomic E-state index is 4.18. The molecule has 2 aromatic carbocycles. The summed E-state index contributed by atoms with van der Waals surface area (Å²) in [6.45, 7) is 0. The van der Waals surface area contributed by atoms with E-state index < -0.39 is 0 Å². The quantitative estimate of drug-likeness (QED) is 0.421. The Morgan fingerprint density at radius 1 is 0.600 bits per heavy atom. The predicted octanol–water partition coefficient (Wildman–Crippen LogP) is 3.87. The highest BCUT2D eigenvalue weighted by molar-refractivity contribution is 6.25. The standard InChI is InChI=1S/C17H9N3/c1-2-5-11-10(4-1)12-6-3-7-14-17-15(19-20-18-14)9-8-13(11)16(12)17/h1-9H. The Hall–Kier alpha value is -2.81. The fourth-order valence-electron chi connectivity index (χ4n) is 3.22. The minimum absolute atomic E-state index is 0.894. The van der Waals surface area contributed by atoms with E-state index in [0.717, 1.165) is 16.4 Å². The first-order valence-corrected chi connectivity index (χ1v) is 6.58. The molecule has 0 atom stereocenters. The van der Waals surface area contributed by atoms with Crippen molar-refractivity contribution in [3.63, 3.8) is 0 Å². The Morgan fingerprint density at radius 2 is 1.40 bits per heavy atom. The smallest absolute Gasteiger partial charge is 0.0976 e. The summed E-state index contributed by atoms with van der Waals surface area (Å²) in [7, 11) is 0. The lowest BCUT2D eigenvalue weighted by atomic mass is 10.0. The van der Waals surface area contributed by atoms with Crippen LogP contribution in [0.1, 0.15) is 0 Å². The summed E-state index contributed by atoms with van der Waals surface area (Å²) in [6, 6.07) is 18.9. The summed E-state index contributed by atoms with van der Waals surface area (Å²) in [4.78, 5) is 0. The van der Waals surface area contributed by atoms with Crippen LogP contribution in [0.15, 0.2) is 54.6 Å². The van der Waals surface area contributed by atoms with E-state index in [1.165, 1.54) is 27.3 Å². The van der Waals surface area contributed by atoms with Crippen molar-refractivity contribution in [1.29, 1.82) is 0 Å². The maximum absolute atomic E-state index is 4.18. The number of hydrogen-bond donors (Lipinski definition) is 0. The minimum atomic E-state index is 0.894. The van der Waals surface area contributed by atoms with Gasteiger partial charge in [0.25, 0.3) is 0 Å². The Labute approximate surface area is 114 Å². The molecular weight excluding hydrogens is 246 g/mol. The largest absolute Gasteiger partial charge is 0.130 e. The van der Waals surface area contributed by atoms with Crippen molar-refractivity contribution in [3.05, 3.63) is 54.6 Å². The molecule has 2 aliphatic carbocycles. The molecule has 0 aliphatic heterocycles. The van der Waals surface area contributed by atoms with Gasteiger partial charge in [-0.3, -0.25) is 0 Å². The molecular formula is C17H9N3. The molecule has 0 saturated carbocycles. The molecule has 3 aromatic rings. The van der Waals surface area contributed by atoms with Gasteiger partial charge in [0.15, 0.2) is 0 Å². The lowest BCUT2D eigenvalue weighted by Crippen LogP contribution is -1.90. The molecule has 5 rings (SSSR count). The third-order valence-electron chi connectivity index (χ3n) is 4.04. The molecule has 2 aliphatic rings. The number of hydrogen-bond acceptors (Lipinski definition) is 3.